The van der Waals surface area contributed by atoms with Gasteiger partial charge in [-0.25, -0.2) is 0 Å². The molecule has 0 saturated heterocycles. The lowest BCUT2D eigenvalue weighted by Crippen LogP contribution is -2.33. The van der Waals surface area contributed by atoms with Crippen LogP contribution in [0.4, 0.5) is 5.69 Å². The fourth-order valence-corrected chi connectivity index (χ4v) is 2.15. The Morgan fingerprint density at radius 3 is 2.37 bits per heavy atom. The molecule has 5 nitrogen and oxygen atoms in total. The maximum absolute atomic E-state index is 5.70. The summed E-state index contributed by atoms with van der Waals surface area (Å²) in [7, 11) is 3.24. The number of hydrogen-bond acceptors (Lipinski definition) is 5. The van der Waals surface area contributed by atoms with Crippen LogP contribution in [0.5, 0.6) is 11.5 Å². The van der Waals surface area contributed by atoms with Crippen molar-refractivity contribution < 1.29 is 18.9 Å². The Hall–Kier alpha value is -1.46. The zero-order chi connectivity index (χ0) is 14.0. The smallest absolute Gasteiger partial charge is 0.246 e. The van der Waals surface area contributed by atoms with Gasteiger partial charge in [-0.2, -0.15) is 0 Å². The molecule has 1 unspecified atom stereocenters. The summed E-state index contributed by atoms with van der Waals surface area (Å²) >= 11 is 0. The van der Waals surface area contributed by atoms with Gasteiger partial charge in [0.05, 0.1) is 6.04 Å². The molecule has 0 aliphatic carbocycles. The minimum Gasteiger partial charge on any atom is -0.449 e. The summed E-state index contributed by atoms with van der Waals surface area (Å²) in [5.74, 6) is 0.903. The highest BCUT2D eigenvalue weighted by Crippen LogP contribution is 2.40. The van der Waals surface area contributed by atoms with Gasteiger partial charge < -0.3 is 24.3 Å². The van der Waals surface area contributed by atoms with E-state index in [1.54, 1.807) is 14.2 Å². The van der Waals surface area contributed by atoms with Gasteiger partial charge in [0.15, 0.2) is 17.8 Å². The van der Waals surface area contributed by atoms with Crippen molar-refractivity contribution >= 4 is 5.69 Å². The average molecular weight is 267 g/mol. The van der Waals surface area contributed by atoms with Crippen molar-refractivity contribution in [3.8, 4) is 11.5 Å². The van der Waals surface area contributed by atoms with Gasteiger partial charge in [-0.05, 0) is 19.1 Å². The highest BCUT2D eigenvalue weighted by Gasteiger charge is 2.31. The Kier molecular flexibility index (Phi) is 3.87. The van der Waals surface area contributed by atoms with E-state index in [-0.39, 0.29) is 12.3 Å². The quantitative estimate of drug-likeness (QED) is 0.831. The van der Waals surface area contributed by atoms with Gasteiger partial charge in [-0.15, -0.1) is 0 Å². The maximum atomic E-state index is 5.70. The molecule has 0 spiro atoms. The van der Waals surface area contributed by atoms with Crippen molar-refractivity contribution in [2.75, 3.05) is 19.5 Å². The van der Waals surface area contributed by atoms with E-state index in [1.807, 2.05) is 39.0 Å². The molecule has 2 rings (SSSR count). The predicted octanol–water partition coefficient (Wildman–Crippen LogP) is 2.61. The van der Waals surface area contributed by atoms with Crippen molar-refractivity contribution in [2.45, 2.75) is 38.9 Å². The number of anilines is 1. The molecule has 0 saturated carbocycles. The maximum Gasteiger partial charge on any atom is 0.246 e. The van der Waals surface area contributed by atoms with E-state index in [1.165, 1.54) is 0 Å². The fraction of sp³-hybridized carbons (Fsp3) is 0.571. The number of rotatable bonds is 5. The highest BCUT2D eigenvalue weighted by atomic mass is 16.7. The van der Waals surface area contributed by atoms with Crippen molar-refractivity contribution in [3.05, 3.63) is 18.2 Å². The van der Waals surface area contributed by atoms with Gasteiger partial charge in [-0.1, -0.05) is 0 Å². The van der Waals surface area contributed by atoms with Crippen LogP contribution in [0.15, 0.2) is 18.2 Å². The predicted molar refractivity (Wildman–Crippen MR) is 72.7 cm³/mol. The fourth-order valence-electron chi connectivity index (χ4n) is 2.15. The van der Waals surface area contributed by atoms with Crippen molar-refractivity contribution in [1.82, 2.24) is 0 Å². The zero-order valence-corrected chi connectivity index (χ0v) is 12.0. The normalized spacial score (nSPS) is 17.6. The minimum absolute atomic E-state index is 0.0170. The third-order valence-corrected chi connectivity index (χ3v) is 2.92. The van der Waals surface area contributed by atoms with Crippen LogP contribution in [-0.4, -0.2) is 32.3 Å². The second kappa shape index (κ2) is 5.27. The topological polar surface area (TPSA) is 49.0 Å². The molecule has 106 valence electrons. The number of nitrogens with one attached hydrogen (secondary N) is 1. The van der Waals surface area contributed by atoms with Crippen LogP contribution in [0.1, 0.15) is 20.8 Å². The molecule has 0 amide bonds. The molecule has 1 aromatic carbocycles. The summed E-state index contributed by atoms with van der Waals surface area (Å²) in [6, 6.07) is 5.78. The summed E-state index contributed by atoms with van der Waals surface area (Å²) in [5.41, 5.74) is 0.937. The summed E-state index contributed by atoms with van der Waals surface area (Å²) in [6.07, 6.45) is -0.304. The molecule has 0 bridgehead atoms. The molecule has 1 heterocycles. The van der Waals surface area contributed by atoms with Crippen LogP contribution in [0.2, 0.25) is 0 Å². The molecule has 1 aliphatic rings. The van der Waals surface area contributed by atoms with Crippen LogP contribution in [-0.2, 0) is 9.47 Å². The first-order chi connectivity index (χ1) is 8.95. The standard InChI is InChI=1S/C14H21NO4/c1-9(13(16-4)17-5)15-10-6-7-11-12(8-10)19-14(2,3)18-11/h6-9,13,15H,1-5H3. The van der Waals surface area contributed by atoms with Crippen LogP contribution in [0.25, 0.3) is 0 Å². The molecule has 1 aromatic rings. The van der Waals surface area contributed by atoms with Gasteiger partial charge in [0.1, 0.15) is 0 Å². The van der Waals surface area contributed by atoms with Crippen molar-refractivity contribution in [3.63, 3.8) is 0 Å². The van der Waals surface area contributed by atoms with Gasteiger partial charge in [0.2, 0.25) is 5.79 Å². The first kappa shape index (κ1) is 14.0. The molecule has 1 atom stereocenters. The zero-order valence-electron chi connectivity index (χ0n) is 12.0. The van der Waals surface area contributed by atoms with E-state index >= 15 is 0 Å². The molecule has 1 N–H and O–H groups in total. The highest BCUT2D eigenvalue weighted by molar-refractivity contribution is 5.56. The Morgan fingerprint density at radius 1 is 1.11 bits per heavy atom. The van der Waals surface area contributed by atoms with Crippen molar-refractivity contribution in [2.24, 2.45) is 0 Å². The minimum atomic E-state index is -0.603. The SMILES string of the molecule is COC(OC)C(C)Nc1ccc2c(c1)OC(C)(C)O2. The van der Waals surface area contributed by atoms with Crippen LogP contribution < -0.4 is 14.8 Å². The molecule has 5 heteroatoms. The molecule has 0 aromatic heterocycles. The third kappa shape index (κ3) is 3.11. The number of benzene rings is 1. The molecular weight excluding hydrogens is 246 g/mol. The summed E-state index contributed by atoms with van der Waals surface area (Å²) < 4.78 is 21.8. The van der Waals surface area contributed by atoms with E-state index in [0.717, 1.165) is 17.2 Å². The van der Waals surface area contributed by atoms with Crippen molar-refractivity contribution in [1.29, 1.82) is 0 Å². The third-order valence-electron chi connectivity index (χ3n) is 2.92. The first-order valence-electron chi connectivity index (χ1n) is 6.29. The van der Waals surface area contributed by atoms with Crippen LogP contribution >= 0.6 is 0 Å². The first-order valence-corrected chi connectivity index (χ1v) is 6.29. The average Bonchev–Trinajstić information content (AvgIpc) is 2.63. The number of ether oxygens (including phenoxy) is 4. The van der Waals surface area contributed by atoms with E-state index in [4.69, 9.17) is 18.9 Å². The number of hydrogen-bond donors (Lipinski definition) is 1. The largest absolute Gasteiger partial charge is 0.449 e. The van der Waals surface area contributed by atoms with E-state index in [2.05, 4.69) is 5.32 Å². The van der Waals surface area contributed by atoms with Crippen LogP contribution in [0.3, 0.4) is 0 Å². The lowest BCUT2D eigenvalue weighted by molar-refractivity contribution is -0.109. The molecule has 1 aliphatic heterocycles. The lowest BCUT2D eigenvalue weighted by Gasteiger charge is -2.23. The lowest BCUT2D eigenvalue weighted by atomic mass is 10.2. The Bertz CT molecular complexity index is 443. The molecule has 19 heavy (non-hydrogen) atoms. The van der Waals surface area contributed by atoms with Gasteiger partial charge in [-0.3, -0.25) is 0 Å². The second-order valence-electron chi connectivity index (χ2n) is 5.04. The summed E-state index contributed by atoms with van der Waals surface area (Å²) in [5, 5.41) is 3.32. The molecule has 0 fully saturated rings. The molecule has 0 radical (unpaired) electrons. The van der Waals surface area contributed by atoms with Gasteiger partial charge in [0, 0.05) is 39.8 Å². The second-order valence-corrected chi connectivity index (χ2v) is 5.04. The number of methoxy groups -OCH3 is 2. The Morgan fingerprint density at radius 2 is 1.74 bits per heavy atom. The van der Waals surface area contributed by atoms with E-state index < -0.39 is 5.79 Å². The Balaban J connectivity index is 2.08. The van der Waals surface area contributed by atoms with Gasteiger partial charge in [0.25, 0.3) is 0 Å². The van der Waals surface area contributed by atoms with E-state index in [0.29, 0.717) is 0 Å². The molecular formula is C14H21NO4. The Labute approximate surface area is 113 Å². The van der Waals surface area contributed by atoms with E-state index in [9.17, 15) is 0 Å². The number of fused-ring (bicyclic) bond motifs is 1. The van der Waals surface area contributed by atoms with Gasteiger partial charge >= 0.3 is 0 Å². The summed E-state index contributed by atoms with van der Waals surface area (Å²) in [4.78, 5) is 0. The summed E-state index contributed by atoms with van der Waals surface area (Å²) in [6.45, 7) is 5.76. The monoisotopic (exact) mass is 267 g/mol. The van der Waals surface area contributed by atoms with Crippen LogP contribution in [0, 0.1) is 0 Å².